The van der Waals surface area contributed by atoms with Gasteiger partial charge >= 0.3 is 0 Å². The third-order valence-corrected chi connectivity index (χ3v) is 6.37. The summed E-state index contributed by atoms with van der Waals surface area (Å²) in [5.41, 5.74) is 3.43. The molecule has 7 nitrogen and oxygen atoms in total. The van der Waals surface area contributed by atoms with Gasteiger partial charge < -0.3 is 15.0 Å². The summed E-state index contributed by atoms with van der Waals surface area (Å²) in [6.45, 7) is 9.98. The molecule has 1 N–H and O–H groups in total. The van der Waals surface area contributed by atoms with Crippen molar-refractivity contribution >= 4 is 17.3 Å². The van der Waals surface area contributed by atoms with Crippen LogP contribution in [0.1, 0.15) is 13.9 Å². The monoisotopic (exact) mass is 456 g/mol. The zero-order valence-electron chi connectivity index (χ0n) is 18.8. The third kappa shape index (κ3) is 4.84. The normalized spacial score (nSPS) is 21.5. The molecule has 33 heavy (non-hydrogen) atoms. The Labute approximate surface area is 193 Å². The van der Waals surface area contributed by atoms with Crippen LogP contribution in [0.5, 0.6) is 0 Å². The lowest BCUT2D eigenvalue weighted by Crippen LogP contribution is -2.46. The number of hydrogen-bond acceptors (Lipinski definition) is 6. The molecule has 3 heterocycles. The van der Waals surface area contributed by atoms with E-state index in [-0.39, 0.29) is 7.11 Å². The van der Waals surface area contributed by atoms with Crippen LogP contribution in [-0.2, 0) is 4.74 Å². The van der Waals surface area contributed by atoms with E-state index in [0.29, 0.717) is 17.9 Å². The lowest BCUT2D eigenvalue weighted by atomic mass is 10.0. The van der Waals surface area contributed by atoms with Gasteiger partial charge in [-0.15, -0.1) is 5.10 Å². The molecule has 2 unspecified atom stereocenters. The lowest BCUT2D eigenvalue weighted by Gasteiger charge is -2.34. The molecule has 0 aliphatic carbocycles. The van der Waals surface area contributed by atoms with Crippen molar-refractivity contribution in [3.63, 3.8) is 0 Å². The van der Waals surface area contributed by atoms with E-state index in [0.717, 1.165) is 62.4 Å². The number of rotatable bonds is 5. The first-order chi connectivity index (χ1) is 15.9. The van der Waals surface area contributed by atoms with Crippen LogP contribution < -0.4 is 10.2 Å². The van der Waals surface area contributed by atoms with Crippen molar-refractivity contribution in [2.75, 3.05) is 49.6 Å². The number of ether oxygens (including phenoxy) is 1. The molecule has 9 heteroatoms. The molecule has 1 aromatic heterocycles. The topological polar surface area (TPSA) is 58.5 Å². The standard InChI is InChI=1S/C24H28F2N6O.H2/c1-16-7-20(28-24-27-15-32(29-24)22-10-18(25)9-19(26)11-22)12-21(8-16)31-13-17(2)23(14-31)30-3-5-33-6-4-30;/h7-12,15,17,23H,3-6,13-14H2,1-2H3,(H,28,29);1H. The molecular weight excluding hydrogens is 426 g/mol. The van der Waals surface area contributed by atoms with Gasteiger partial charge in [0.25, 0.3) is 0 Å². The quantitative estimate of drug-likeness (QED) is 0.626. The van der Waals surface area contributed by atoms with Crippen LogP contribution in [0, 0.1) is 24.5 Å². The molecule has 3 aromatic rings. The summed E-state index contributed by atoms with van der Waals surface area (Å²) >= 11 is 0. The second-order valence-electron chi connectivity index (χ2n) is 8.92. The van der Waals surface area contributed by atoms with Gasteiger partial charge in [-0.1, -0.05) is 6.92 Å². The number of morpholine rings is 1. The molecule has 176 valence electrons. The minimum absolute atomic E-state index is 0. The number of aryl methyl sites for hydroxylation is 1. The molecule has 2 fully saturated rings. The van der Waals surface area contributed by atoms with Crippen LogP contribution in [0.15, 0.2) is 42.7 Å². The van der Waals surface area contributed by atoms with Crippen LogP contribution in [0.3, 0.4) is 0 Å². The van der Waals surface area contributed by atoms with Crippen molar-refractivity contribution in [3.8, 4) is 5.69 Å². The van der Waals surface area contributed by atoms with Crippen LogP contribution in [0.2, 0.25) is 0 Å². The first-order valence-corrected chi connectivity index (χ1v) is 11.3. The molecule has 2 aliphatic heterocycles. The Hall–Kier alpha value is -3.04. The number of nitrogens with zero attached hydrogens (tertiary/aromatic N) is 5. The van der Waals surface area contributed by atoms with Gasteiger partial charge in [-0.2, -0.15) is 4.98 Å². The van der Waals surface area contributed by atoms with Crippen LogP contribution in [0.4, 0.5) is 26.1 Å². The van der Waals surface area contributed by atoms with Gasteiger partial charge in [0, 0.05) is 51.1 Å². The van der Waals surface area contributed by atoms with Crippen molar-refractivity contribution in [1.29, 1.82) is 0 Å². The number of hydrogen-bond donors (Lipinski definition) is 1. The number of halogens is 2. The van der Waals surface area contributed by atoms with E-state index in [1.165, 1.54) is 23.1 Å². The maximum absolute atomic E-state index is 13.5. The average Bonchev–Trinajstić information content (AvgIpc) is 3.40. The first kappa shape index (κ1) is 21.8. The van der Waals surface area contributed by atoms with Gasteiger partial charge in [-0.05, 0) is 48.7 Å². The predicted molar refractivity (Wildman–Crippen MR) is 125 cm³/mol. The molecule has 5 rings (SSSR count). The highest BCUT2D eigenvalue weighted by Crippen LogP contribution is 2.31. The van der Waals surface area contributed by atoms with Crippen LogP contribution >= 0.6 is 0 Å². The molecule has 2 aromatic carbocycles. The number of nitrogens with one attached hydrogen (secondary N) is 1. The highest BCUT2D eigenvalue weighted by Gasteiger charge is 2.34. The molecule has 0 spiro atoms. The molecule has 2 atom stereocenters. The maximum atomic E-state index is 13.5. The fourth-order valence-corrected chi connectivity index (χ4v) is 4.81. The van der Waals surface area contributed by atoms with Crippen molar-refractivity contribution in [1.82, 2.24) is 19.7 Å². The minimum Gasteiger partial charge on any atom is -0.379 e. The second kappa shape index (κ2) is 9.07. The van der Waals surface area contributed by atoms with E-state index < -0.39 is 11.6 Å². The summed E-state index contributed by atoms with van der Waals surface area (Å²) in [5, 5.41) is 7.56. The summed E-state index contributed by atoms with van der Waals surface area (Å²) in [6, 6.07) is 10.1. The minimum atomic E-state index is -0.659. The van der Waals surface area contributed by atoms with E-state index in [1.54, 1.807) is 0 Å². The molecule has 0 bridgehead atoms. The van der Waals surface area contributed by atoms with E-state index in [2.05, 4.69) is 51.2 Å². The summed E-state index contributed by atoms with van der Waals surface area (Å²) in [6.07, 6.45) is 1.43. The Kier molecular flexibility index (Phi) is 5.99. The highest BCUT2D eigenvalue weighted by atomic mass is 19.1. The Morgan fingerprint density at radius 2 is 1.76 bits per heavy atom. The van der Waals surface area contributed by atoms with Gasteiger partial charge in [-0.3, -0.25) is 4.90 Å². The highest BCUT2D eigenvalue weighted by molar-refractivity contribution is 5.64. The number of benzene rings is 2. The summed E-state index contributed by atoms with van der Waals surface area (Å²) in [5.74, 6) is -0.386. The van der Waals surface area contributed by atoms with E-state index in [4.69, 9.17) is 4.74 Å². The van der Waals surface area contributed by atoms with Crippen molar-refractivity contribution in [2.24, 2.45) is 5.92 Å². The maximum Gasteiger partial charge on any atom is 0.246 e. The SMILES string of the molecule is Cc1cc(Nc2ncn(-c3cc(F)cc(F)c3)n2)cc(N2CC(C)C(N3CCOCC3)C2)c1.[HH]. The summed E-state index contributed by atoms with van der Waals surface area (Å²) < 4.78 is 34.0. The zero-order valence-corrected chi connectivity index (χ0v) is 18.8. The molecule has 2 saturated heterocycles. The van der Waals surface area contributed by atoms with E-state index >= 15 is 0 Å². The van der Waals surface area contributed by atoms with Gasteiger partial charge in [-0.25, -0.2) is 13.5 Å². The smallest absolute Gasteiger partial charge is 0.246 e. The third-order valence-electron chi connectivity index (χ3n) is 6.37. The Balaban J connectivity index is 0.00000274. The van der Waals surface area contributed by atoms with Crippen LogP contribution in [0.25, 0.3) is 5.69 Å². The largest absolute Gasteiger partial charge is 0.379 e. The van der Waals surface area contributed by atoms with Gasteiger partial charge in [0.15, 0.2) is 0 Å². The van der Waals surface area contributed by atoms with E-state index in [1.807, 2.05) is 6.07 Å². The Bertz CT molecular complexity index is 1120. The fourth-order valence-electron chi connectivity index (χ4n) is 4.81. The predicted octanol–water partition coefficient (Wildman–Crippen LogP) is 4.00. The summed E-state index contributed by atoms with van der Waals surface area (Å²) in [4.78, 5) is 9.24. The van der Waals surface area contributed by atoms with Crippen LogP contribution in [-0.4, -0.2) is 65.1 Å². The lowest BCUT2D eigenvalue weighted by molar-refractivity contribution is 0.0134. The molecule has 0 radical (unpaired) electrons. The Morgan fingerprint density at radius 3 is 2.52 bits per heavy atom. The van der Waals surface area contributed by atoms with Gasteiger partial charge in [0.05, 0.1) is 18.9 Å². The van der Waals surface area contributed by atoms with Crippen molar-refractivity contribution < 1.29 is 14.9 Å². The number of anilines is 3. The average molecular weight is 457 g/mol. The van der Waals surface area contributed by atoms with Crippen molar-refractivity contribution in [3.05, 3.63) is 59.9 Å². The molecule has 0 amide bonds. The van der Waals surface area contributed by atoms with E-state index in [9.17, 15) is 8.78 Å². The zero-order chi connectivity index (χ0) is 22.9. The Morgan fingerprint density at radius 1 is 1.00 bits per heavy atom. The fraction of sp³-hybridized carbons (Fsp3) is 0.417. The molecule has 2 aliphatic rings. The molecule has 0 saturated carbocycles. The number of aromatic nitrogens is 3. The summed E-state index contributed by atoms with van der Waals surface area (Å²) in [7, 11) is 0. The second-order valence-corrected chi connectivity index (χ2v) is 8.92. The molecular formula is C24H30F2N6O. The first-order valence-electron chi connectivity index (χ1n) is 11.3. The van der Waals surface area contributed by atoms with Gasteiger partial charge in [0.1, 0.15) is 18.0 Å². The van der Waals surface area contributed by atoms with Gasteiger partial charge in [0.2, 0.25) is 5.95 Å². The van der Waals surface area contributed by atoms with Crippen molar-refractivity contribution in [2.45, 2.75) is 19.9 Å².